The molecule has 0 N–H and O–H groups in total. The zero-order valence-corrected chi connectivity index (χ0v) is 10.4. The predicted molar refractivity (Wildman–Crippen MR) is 61.4 cm³/mol. The summed E-state index contributed by atoms with van der Waals surface area (Å²) < 4.78 is 27.1. The number of likely N-dealkylation sites (tertiary alicyclic amines) is 1. The highest BCUT2D eigenvalue weighted by molar-refractivity contribution is 9.10. The third kappa shape index (κ3) is 3.22. The summed E-state index contributed by atoms with van der Waals surface area (Å²) in [5.41, 5.74) is 1.01. The minimum absolute atomic E-state index is 0.0174. The number of hydrogen-bond acceptors (Lipinski definition) is 2. The number of hydrogen-bond donors (Lipinski definition) is 0. The van der Waals surface area contributed by atoms with Crippen molar-refractivity contribution in [2.75, 3.05) is 13.1 Å². The van der Waals surface area contributed by atoms with E-state index in [9.17, 15) is 8.78 Å². The van der Waals surface area contributed by atoms with Crippen molar-refractivity contribution in [2.45, 2.75) is 25.3 Å². The Morgan fingerprint density at radius 2 is 2.31 bits per heavy atom. The second kappa shape index (κ2) is 4.75. The van der Waals surface area contributed by atoms with Crippen molar-refractivity contribution < 1.29 is 8.78 Å². The average Bonchev–Trinajstić information content (AvgIpc) is 2.15. The molecule has 0 aromatic carbocycles. The van der Waals surface area contributed by atoms with Gasteiger partial charge < -0.3 is 0 Å². The Morgan fingerprint density at radius 3 is 3.00 bits per heavy atom. The Bertz CT molecular complexity index is 371. The zero-order valence-electron chi connectivity index (χ0n) is 8.80. The molecule has 0 spiro atoms. The van der Waals surface area contributed by atoms with E-state index in [4.69, 9.17) is 0 Å². The molecule has 0 saturated carbocycles. The van der Waals surface area contributed by atoms with E-state index in [1.807, 2.05) is 12.1 Å². The molecule has 0 unspecified atom stereocenters. The molecule has 0 radical (unpaired) electrons. The maximum atomic E-state index is 13.2. The van der Waals surface area contributed by atoms with E-state index in [1.165, 1.54) is 0 Å². The topological polar surface area (TPSA) is 16.1 Å². The fourth-order valence-electron chi connectivity index (χ4n) is 1.98. The van der Waals surface area contributed by atoms with E-state index >= 15 is 0 Å². The van der Waals surface area contributed by atoms with Gasteiger partial charge >= 0.3 is 0 Å². The number of rotatable bonds is 2. The van der Waals surface area contributed by atoms with Crippen LogP contribution < -0.4 is 0 Å². The van der Waals surface area contributed by atoms with Crippen molar-refractivity contribution in [1.29, 1.82) is 0 Å². The molecule has 1 saturated heterocycles. The average molecular weight is 291 g/mol. The van der Waals surface area contributed by atoms with Gasteiger partial charge in [-0.25, -0.2) is 13.8 Å². The lowest BCUT2D eigenvalue weighted by Crippen LogP contribution is -2.41. The Hall–Kier alpha value is -0.550. The number of halogens is 3. The molecule has 16 heavy (non-hydrogen) atoms. The van der Waals surface area contributed by atoms with Crippen molar-refractivity contribution in [1.82, 2.24) is 9.88 Å². The van der Waals surface area contributed by atoms with E-state index in [1.54, 1.807) is 11.1 Å². The number of pyridine rings is 1. The molecule has 0 aliphatic carbocycles. The summed E-state index contributed by atoms with van der Waals surface area (Å²) in [6, 6.07) is 3.73. The highest BCUT2D eigenvalue weighted by Gasteiger charge is 2.34. The van der Waals surface area contributed by atoms with Gasteiger partial charge in [0.05, 0.1) is 6.54 Å². The summed E-state index contributed by atoms with van der Waals surface area (Å²) in [5, 5.41) is 0. The number of nitrogens with zero attached hydrogens (tertiary/aromatic N) is 2. The fraction of sp³-hybridized carbons (Fsp3) is 0.545. The quantitative estimate of drug-likeness (QED) is 0.778. The number of alkyl halides is 2. The van der Waals surface area contributed by atoms with Crippen LogP contribution in [-0.2, 0) is 6.54 Å². The van der Waals surface area contributed by atoms with Crippen LogP contribution in [0.5, 0.6) is 0 Å². The molecule has 5 heteroatoms. The molecular weight excluding hydrogens is 278 g/mol. The third-order valence-electron chi connectivity index (χ3n) is 2.67. The molecule has 88 valence electrons. The molecule has 1 aliphatic rings. The van der Waals surface area contributed by atoms with Crippen LogP contribution in [0.2, 0.25) is 0 Å². The van der Waals surface area contributed by atoms with Crippen molar-refractivity contribution in [3.8, 4) is 0 Å². The van der Waals surface area contributed by atoms with Gasteiger partial charge in [-0.05, 0) is 46.6 Å². The van der Waals surface area contributed by atoms with Gasteiger partial charge in [-0.3, -0.25) is 4.90 Å². The summed E-state index contributed by atoms with van der Waals surface area (Å²) in [6.07, 6.45) is 2.27. The van der Waals surface area contributed by atoms with Crippen molar-refractivity contribution >= 4 is 15.9 Å². The monoisotopic (exact) mass is 290 g/mol. The third-order valence-corrected chi connectivity index (χ3v) is 3.10. The Labute approximate surface area is 102 Å². The lowest BCUT2D eigenvalue weighted by Gasteiger charge is -2.32. The van der Waals surface area contributed by atoms with Crippen LogP contribution in [0.25, 0.3) is 0 Å². The first-order valence-electron chi connectivity index (χ1n) is 5.26. The summed E-state index contributed by atoms with van der Waals surface area (Å²) in [6.45, 7) is 1.18. The molecule has 0 atom stereocenters. The zero-order chi connectivity index (χ0) is 11.6. The van der Waals surface area contributed by atoms with E-state index in [0.717, 1.165) is 16.7 Å². The first-order valence-corrected chi connectivity index (χ1v) is 6.05. The van der Waals surface area contributed by atoms with Crippen molar-refractivity contribution in [3.05, 3.63) is 28.5 Å². The summed E-state index contributed by atoms with van der Waals surface area (Å²) in [7, 11) is 0. The summed E-state index contributed by atoms with van der Waals surface area (Å²) >= 11 is 3.27. The highest BCUT2D eigenvalue weighted by Crippen LogP contribution is 2.27. The summed E-state index contributed by atoms with van der Waals surface area (Å²) in [5.74, 6) is -2.53. The van der Waals surface area contributed by atoms with Gasteiger partial charge in [0.2, 0.25) is 0 Å². The van der Waals surface area contributed by atoms with Crippen molar-refractivity contribution in [3.63, 3.8) is 0 Å². The van der Waals surface area contributed by atoms with Gasteiger partial charge in [0.1, 0.15) is 4.60 Å². The lowest BCUT2D eigenvalue weighted by molar-refractivity contribution is -0.0661. The molecule has 0 amide bonds. The normalized spacial score (nSPS) is 20.9. The van der Waals surface area contributed by atoms with Gasteiger partial charge in [0.25, 0.3) is 5.92 Å². The van der Waals surface area contributed by atoms with Crippen LogP contribution in [0.3, 0.4) is 0 Å². The molecule has 0 bridgehead atoms. The fourth-order valence-corrected chi connectivity index (χ4v) is 2.39. The highest BCUT2D eigenvalue weighted by atomic mass is 79.9. The Morgan fingerprint density at radius 1 is 1.50 bits per heavy atom. The SMILES string of the molecule is FC1(F)CCCN(Cc2ccnc(Br)c2)C1. The minimum Gasteiger partial charge on any atom is -0.293 e. The van der Waals surface area contributed by atoms with Crippen LogP contribution in [0.15, 0.2) is 22.9 Å². The maximum absolute atomic E-state index is 13.2. The molecule has 1 fully saturated rings. The lowest BCUT2D eigenvalue weighted by atomic mass is 10.1. The van der Waals surface area contributed by atoms with Crippen LogP contribution in [0.4, 0.5) is 8.78 Å². The van der Waals surface area contributed by atoms with Crippen LogP contribution in [0.1, 0.15) is 18.4 Å². The van der Waals surface area contributed by atoms with Gasteiger partial charge in [0, 0.05) is 19.2 Å². The van der Waals surface area contributed by atoms with Gasteiger partial charge in [-0.2, -0.15) is 0 Å². The molecule has 2 rings (SSSR count). The smallest absolute Gasteiger partial charge is 0.260 e. The van der Waals surface area contributed by atoms with Crippen LogP contribution in [0, 0.1) is 0 Å². The molecule has 1 aromatic heterocycles. The van der Waals surface area contributed by atoms with Crippen molar-refractivity contribution in [2.24, 2.45) is 0 Å². The van der Waals surface area contributed by atoms with E-state index in [2.05, 4.69) is 20.9 Å². The summed E-state index contributed by atoms with van der Waals surface area (Å²) in [4.78, 5) is 5.81. The van der Waals surface area contributed by atoms with Crippen LogP contribution >= 0.6 is 15.9 Å². The Kier molecular flexibility index (Phi) is 3.54. The Balaban J connectivity index is 1.99. The van der Waals surface area contributed by atoms with Gasteiger partial charge in [-0.1, -0.05) is 0 Å². The van der Waals surface area contributed by atoms with E-state index < -0.39 is 5.92 Å². The number of aromatic nitrogens is 1. The second-order valence-electron chi connectivity index (χ2n) is 4.16. The standard InChI is InChI=1S/C11H13BrF2N2/c12-10-6-9(2-4-15-10)7-16-5-1-3-11(13,14)8-16/h2,4,6H,1,3,5,7-8H2. The predicted octanol–water partition coefficient (Wildman–Crippen LogP) is 3.08. The van der Waals surface area contributed by atoms with Gasteiger partial charge in [-0.15, -0.1) is 0 Å². The number of piperidine rings is 1. The maximum Gasteiger partial charge on any atom is 0.260 e. The second-order valence-corrected chi connectivity index (χ2v) is 4.97. The largest absolute Gasteiger partial charge is 0.293 e. The first-order chi connectivity index (χ1) is 7.55. The van der Waals surface area contributed by atoms with Crippen LogP contribution in [-0.4, -0.2) is 28.9 Å². The molecular formula is C11H13BrF2N2. The molecule has 1 aliphatic heterocycles. The molecule has 2 heterocycles. The van der Waals surface area contributed by atoms with E-state index in [-0.39, 0.29) is 13.0 Å². The molecule has 2 nitrogen and oxygen atoms in total. The first kappa shape index (κ1) is 11.9. The molecule has 1 aromatic rings. The van der Waals surface area contributed by atoms with E-state index in [0.29, 0.717) is 13.0 Å². The van der Waals surface area contributed by atoms with Gasteiger partial charge in [0.15, 0.2) is 0 Å². The minimum atomic E-state index is -2.53.